The highest BCUT2D eigenvalue weighted by Gasteiger charge is 2.24. The first-order valence-electron chi connectivity index (χ1n) is 9.31. The summed E-state index contributed by atoms with van der Waals surface area (Å²) in [5.74, 6) is -1.01. The van der Waals surface area contributed by atoms with Gasteiger partial charge in [0.1, 0.15) is 11.6 Å². The van der Waals surface area contributed by atoms with Crippen LogP contribution in [0.2, 0.25) is 15.2 Å². The van der Waals surface area contributed by atoms with E-state index in [1.165, 1.54) is 18.3 Å². The van der Waals surface area contributed by atoms with Gasteiger partial charge in [0.2, 0.25) is 5.91 Å². The Balaban J connectivity index is 1.83. The standard InChI is InChI=1S/C21H19Cl3N4O3S/c1-9-5-10(2)18(11(3)6-9)28(12(4)29)21-26-13(8-32-21)7-31-20(30)17-14(22)16(25)15(23)19(24)27-17/h5-6,8H,7H2,1-4H3,(H2,25,27). The number of hydrogen-bond donors (Lipinski definition) is 1. The summed E-state index contributed by atoms with van der Waals surface area (Å²) in [6.07, 6.45) is 0. The molecular formula is C21H19Cl3N4O3S. The van der Waals surface area contributed by atoms with E-state index in [-0.39, 0.29) is 39.1 Å². The highest BCUT2D eigenvalue weighted by atomic mass is 35.5. The molecule has 0 aliphatic rings. The zero-order valence-electron chi connectivity index (χ0n) is 17.6. The highest BCUT2D eigenvalue weighted by Crippen LogP contribution is 2.36. The van der Waals surface area contributed by atoms with Crippen molar-refractivity contribution in [2.45, 2.75) is 34.3 Å². The maximum Gasteiger partial charge on any atom is 0.359 e. The van der Waals surface area contributed by atoms with E-state index < -0.39 is 5.97 Å². The Hall–Kier alpha value is -2.39. The number of amides is 1. The van der Waals surface area contributed by atoms with E-state index in [1.54, 1.807) is 10.3 Å². The molecule has 7 nitrogen and oxygen atoms in total. The van der Waals surface area contributed by atoms with Crippen LogP contribution in [0.3, 0.4) is 0 Å². The van der Waals surface area contributed by atoms with E-state index in [9.17, 15) is 9.59 Å². The minimum absolute atomic E-state index is 0.0385. The number of aromatic nitrogens is 2. The molecule has 0 bridgehead atoms. The molecule has 0 saturated heterocycles. The lowest BCUT2D eigenvalue weighted by Crippen LogP contribution is -2.24. The van der Waals surface area contributed by atoms with Gasteiger partial charge < -0.3 is 10.5 Å². The average molecular weight is 514 g/mol. The Labute approximate surface area is 204 Å². The molecule has 0 atom stereocenters. The van der Waals surface area contributed by atoms with Gasteiger partial charge in [-0.1, -0.05) is 52.5 Å². The van der Waals surface area contributed by atoms with Crippen molar-refractivity contribution in [3.05, 3.63) is 60.8 Å². The smallest absolute Gasteiger partial charge is 0.359 e. The minimum Gasteiger partial charge on any atom is -0.454 e. The second kappa shape index (κ2) is 9.62. The molecule has 0 spiro atoms. The maximum atomic E-state index is 12.5. The molecule has 1 aromatic carbocycles. The predicted octanol–water partition coefficient (Wildman–Crippen LogP) is 6.05. The summed E-state index contributed by atoms with van der Waals surface area (Å²) < 4.78 is 5.26. The number of anilines is 3. The molecular weight excluding hydrogens is 495 g/mol. The number of hydrogen-bond acceptors (Lipinski definition) is 7. The minimum atomic E-state index is -0.830. The van der Waals surface area contributed by atoms with Crippen molar-refractivity contribution in [1.82, 2.24) is 9.97 Å². The van der Waals surface area contributed by atoms with Crippen molar-refractivity contribution < 1.29 is 14.3 Å². The molecule has 0 aliphatic carbocycles. The largest absolute Gasteiger partial charge is 0.454 e. The van der Waals surface area contributed by atoms with Crippen molar-refractivity contribution in [3.63, 3.8) is 0 Å². The van der Waals surface area contributed by atoms with E-state index in [0.717, 1.165) is 22.4 Å². The molecule has 0 saturated carbocycles. The first kappa shape index (κ1) is 24.3. The van der Waals surface area contributed by atoms with E-state index in [4.69, 9.17) is 45.3 Å². The Morgan fingerprint density at radius 1 is 1.09 bits per heavy atom. The van der Waals surface area contributed by atoms with Crippen LogP contribution >= 0.6 is 46.1 Å². The third-order valence-electron chi connectivity index (χ3n) is 4.52. The predicted molar refractivity (Wildman–Crippen MR) is 128 cm³/mol. The molecule has 32 heavy (non-hydrogen) atoms. The number of carbonyl (C=O) groups is 2. The van der Waals surface area contributed by atoms with Gasteiger partial charge in [0, 0.05) is 12.3 Å². The highest BCUT2D eigenvalue weighted by molar-refractivity contribution is 7.14. The number of nitrogen functional groups attached to an aromatic ring is 1. The summed E-state index contributed by atoms with van der Waals surface area (Å²) in [5, 5.41) is 1.83. The van der Waals surface area contributed by atoms with Gasteiger partial charge in [0.15, 0.2) is 16.0 Å². The lowest BCUT2D eigenvalue weighted by molar-refractivity contribution is -0.115. The van der Waals surface area contributed by atoms with Crippen molar-refractivity contribution in [2.24, 2.45) is 0 Å². The fourth-order valence-corrected chi connectivity index (χ4v) is 4.70. The zero-order chi connectivity index (χ0) is 23.7. The molecule has 0 aliphatic heterocycles. The summed E-state index contributed by atoms with van der Waals surface area (Å²) in [7, 11) is 0. The van der Waals surface area contributed by atoms with Crippen LogP contribution in [-0.2, 0) is 16.1 Å². The van der Waals surface area contributed by atoms with Gasteiger partial charge in [-0.05, 0) is 31.9 Å². The third kappa shape index (κ3) is 4.83. The molecule has 3 rings (SSSR count). The van der Waals surface area contributed by atoms with Crippen LogP contribution in [0.5, 0.6) is 0 Å². The number of rotatable bonds is 5. The molecule has 168 valence electrons. The van der Waals surface area contributed by atoms with Gasteiger partial charge in [0.25, 0.3) is 0 Å². The van der Waals surface area contributed by atoms with Gasteiger partial charge in [-0.25, -0.2) is 14.8 Å². The normalized spacial score (nSPS) is 10.8. The summed E-state index contributed by atoms with van der Waals surface area (Å²) >= 11 is 19.1. The van der Waals surface area contributed by atoms with Crippen LogP contribution in [-0.4, -0.2) is 21.8 Å². The number of pyridine rings is 1. The quantitative estimate of drug-likeness (QED) is 0.329. The molecule has 0 radical (unpaired) electrons. The number of nitrogens with zero attached hydrogens (tertiary/aromatic N) is 3. The number of carbonyl (C=O) groups excluding carboxylic acids is 2. The summed E-state index contributed by atoms with van der Waals surface area (Å²) in [4.78, 5) is 34.8. The maximum absolute atomic E-state index is 12.5. The van der Waals surface area contributed by atoms with Gasteiger partial charge in [-0.2, -0.15) is 0 Å². The number of thiazole rings is 1. The van der Waals surface area contributed by atoms with Crippen LogP contribution < -0.4 is 10.6 Å². The Bertz CT molecular complexity index is 1210. The van der Waals surface area contributed by atoms with Gasteiger partial charge >= 0.3 is 5.97 Å². The Kier molecular flexibility index (Phi) is 7.29. The Morgan fingerprint density at radius 2 is 1.72 bits per heavy atom. The van der Waals surface area contributed by atoms with Crippen molar-refractivity contribution >= 4 is 74.5 Å². The summed E-state index contributed by atoms with van der Waals surface area (Å²) in [6.45, 7) is 7.20. The molecule has 2 heterocycles. The first-order chi connectivity index (χ1) is 15.0. The zero-order valence-corrected chi connectivity index (χ0v) is 20.7. The van der Waals surface area contributed by atoms with Crippen molar-refractivity contribution in [1.29, 1.82) is 0 Å². The monoisotopic (exact) mass is 512 g/mol. The van der Waals surface area contributed by atoms with Crippen LogP contribution in [0.4, 0.5) is 16.5 Å². The van der Waals surface area contributed by atoms with Crippen LogP contribution in [0, 0.1) is 20.8 Å². The number of nitrogens with two attached hydrogens (primary N) is 1. The second-order valence-electron chi connectivity index (χ2n) is 7.09. The molecule has 0 fully saturated rings. The van der Waals surface area contributed by atoms with Gasteiger partial charge in [-0.15, -0.1) is 11.3 Å². The average Bonchev–Trinajstić information content (AvgIpc) is 3.17. The topological polar surface area (TPSA) is 98.4 Å². The number of ether oxygens (including phenoxy) is 1. The molecule has 0 unspecified atom stereocenters. The lowest BCUT2D eigenvalue weighted by Gasteiger charge is -2.23. The number of aryl methyl sites for hydroxylation is 3. The molecule has 11 heteroatoms. The van der Waals surface area contributed by atoms with Crippen LogP contribution in [0.25, 0.3) is 0 Å². The fourth-order valence-electron chi connectivity index (χ4n) is 3.25. The second-order valence-corrected chi connectivity index (χ2v) is 9.04. The van der Waals surface area contributed by atoms with Gasteiger partial charge in [-0.3, -0.25) is 9.69 Å². The molecule has 2 N–H and O–H groups in total. The number of halogens is 3. The molecule has 1 amide bonds. The van der Waals surface area contributed by atoms with E-state index in [0.29, 0.717) is 10.8 Å². The van der Waals surface area contributed by atoms with Crippen molar-refractivity contribution in [3.8, 4) is 0 Å². The van der Waals surface area contributed by atoms with E-state index in [2.05, 4.69) is 9.97 Å². The molecule has 2 aromatic heterocycles. The van der Waals surface area contributed by atoms with E-state index in [1.807, 2.05) is 32.9 Å². The van der Waals surface area contributed by atoms with Gasteiger partial charge in [0.05, 0.1) is 22.1 Å². The summed E-state index contributed by atoms with van der Waals surface area (Å²) in [5.41, 5.74) is 9.69. The number of esters is 1. The fraction of sp³-hybridized carbons (Fsp3) is 0.238. The van der Waals surface area contributed by atoms with Crippen LogP contribution in [0.1, 0.15) is 39.8 Å². The van der Waals surface area contributed by atoms with E-state index >= 15 is 0 Å². The summed E-state index contributed by atoms with van der Waals surface area (Å²) in [6, 6.07) is 4.02. The third-order valence-corrected chi connectivity index (χ3v) is 6.53. The van der Waals surface area contributed by atoms with Crippen molar-refractivity contribution in [2.75, 3.05) is 10.6 Å². The SMILES string of the molecule is CC(=O)N(c1nc(COC(=O)c2nc(Cl)c(Cl)c(N)c2Cl)cs1)c1c(C)cc(C)cc1C. The lowest BCUT2D eigenvalue weighted by atomic mass is 10.0. The first-order valence-corrected chi connectivity index (χ1v) is 11.3. The van der Waals surface area contributed by atoms with Crippen LogP contribution in [0.15, 0.2) is 17.5 Å². The Morgan fingerprint density at radius 3 is 2.31 bits per heavy atom. The molecule has 3 aromatic rings. The number of benzene rings is 1.